The van der Waals surface area contributed by atoms with Crippen LogP contribution in [0, 0.1) is 0 Å². The lowest BCUT2D eigenvalue weighted by Gasteiger charge is -2.29. The summed E-state index contributed by atoms with van der Waals surface area (Å²) in [6.45, 7) is 7.05. The molecule has 90 valence electrons. The molecule has 0 saturated carbocycles. The van der Waals surface area contributed by atoms with Crippen LogP contribution in [0.4, 0.5) is 0 Å². The number of hydrogen-bond acceptors (Lipinski definition) is 3. The Hall–Kier alpha value is -1.06. The summed E-state index contributed by atoms with van der Waals surface area (Å²) < 4.78 is 16.6. The van der Waals surface area contributed by atoms with Crippen LogP contribution in [-0.4, -0.2) is 20.3 Å². The van der Waals surface area contributed by atoms with Crippen LogP contribution in [0.1, 0.15) is 26.3 Å². The predicted molar refractivity (Wildman–Crippen MR) is 63.6 cm³/mol. The van der Waals surface area contributed by atoms with E-state index in [-0.39, 0.29) is 0 Å². The number of methoxy groups -OCH3 is 1. The Labute approximate surface area is 97.3 Å². The highest BCUT2D eigenvalue weighted by Crippen LogP contribution is 2.29. The van der Waals surface area contributed by atoms with Crippen LogP contribution in [0.3, 0.4) is 0 Å². The summed E-state index contributed by atoms with van der Waals surface area (Å²) in [5, 5.41) is 0. The highest BCUT2D eigenvalue weighted by molar-refractivity contribution is 5.31. The minimum atomic E-state index is -0.696. The lowest BCUT2D eigenvalue weighted by molar-refractivity contribution is -0.229. The Morgan fingerprint density at radius 1 is 1.12 bits per heavy atom. The Kier molecular flexibility index (Phi) is 4.77. The average molecular weight is 224 g/mol. The summed E-state index contributed by atoms with van der Waals surface area (Å²) in [7, 11) is 1.65. The first-order chi connectivity index (χ1) is 7.66. The maximum atomic E-state index is 5.68. The largest absolute Gasteiger partial charge is 0.497 e. The fourth-order valence-corrected chi connectivity index (χ4v) is 1.66. The van der Waals surface area contributed by atoms with Gasteiger partial charge in [-0.15, -0.1) is 0 Å². The van der Waals surface area contributed by atoms with Crippen LogP contribution < -0.4 is 4.74 Å². The molecule has 0 atom stereocenters. The van der Waals surface area contributed by atoms with Gasteiger partial charge in [0.05, 0.1) is 7.11 Å². The molecule has 0 radical (unpaired) electrons. The molecule has 3 nitrogen and oxygen atoms in total. The minimum Gasteiger partial charge on any atom is -0.497 e. The molecule has 0 aliphatic rings. The van der Waals surface area contributed by atoms with Crippen molar-refractivity contribution in [3.8, 4) is 5.75 Å². The lowest BCUT2D eigenvalue weighted by Crippen LogP contribution is -2.29. The van der Waals surface area contributed by atoms with Gasteiger partial charge in [-0.3, -0.25) is 0 Å². The number of hydrogen-bond donors (Lipinski definition) is 0. The summed E-state index contributed by atoms with van der Waals surface area (Å²) in [6, 6.07) is 7.76. The van der Waals surface area contributed by atoms with Gasteiger partial charge in [-0.25, -0.2) is 0 Å². The van der Waals surface area contributed by atoms with Gasteiger partial charge in [-0.05, 0) is 32.9 Å². The third-order valence-corrected chi connectivity index (χ3v) is 2.43. The van der Waals surface area contributed by atoms with Crippen LogP contribution in [-0.2, 0) is 15.3 Å². The maximum absolute atomic E-state index is 5.68. The van der Waals surface area contributed by atoms with Crippen LogP contribution in [0.5, 0.6) is 5.75 Å². The van der Waals surface area contributed by atoms with Gasteiger partial charge in [0.1, 0.15) is 5.75 Å². The van der Waals surface area contributed by atoms with Gasteiger partial charge in [0.2, 0.25) is 0 Å². The SMILES string of the molecule is CCOC(C)(OCC)c1cccc(OC)c1. The monoisotopic (exact) mass is 224 g/mol. The molecular weight excluding hydrogens is 204 g/mol. The molecule has 0 spiro atoms. The van der Waals surface area contributed by atoms with E-state index in [4.69, 9.17) is 14.2 Å². The molecule has 3 heteroatoms. The molecule has 0 fully saturated rings. The van der Waals surface area contributed by atoms with Crippen molar-refractivity contribution in [3.63, 3.8) is 0 Å². The molecule has 0 bridgehead atoms. The molecule has 16 heavy (non-hydrogen) atoms. The zero-order valence-electron chi connectivity index (χ0n) is 10.4. The van der Waals surface area contributed by atoms with Gasteiger partial charge in [-0.1, -0.05) is 12.1 Å². The smallest absolute Gasteiger partial charge is 0.191 e. The van der Waals surface area contributed by atoms with Crippen molar-refractivity contribution in [2.24, 2.45) is 0 Å². The standard InChI is InChI=1S/C13H20O3/c1-5-15-13(3,16-6-2)11-8-7-9-12(10-11)14-4/h7-10H,5-6H2,1-4H3. The Balaban J connectivity index is 2.99. The van der Waals surface area contributed by atoms with Crippen molar-refractivity contribution in [1.82, 2.24) is 0 Å². The summed E-state index contributed by atoms with van der Waals surface area (Å²) in [5.74, 6) is 0.112. The van der Waals surface area contributed by atoms with Gasteiger partial charge in [0.15, 0.2) is 5.79 Å². The second-order valence-corrected chi connectivity index (χ2v) is 3.54. The predicted octanol–water partition coefficient (Wildman–Crippen LogP) is 2.94. The normalized spacial score (nSPS) is 11.5. The van der Waals surface area contributed by atoms with E-state index in [9.17, 15) is 0 Å². The van der Waals surface area contributed by atoms with Crippen LogP contribution in [0.2, 0.25) is 0 Å². The maximum Gasteiger partial charge on any atom is 0.191 e. The molecule has 1 rings (SSSR count). The first-order valence-corrected chi connectivity index (χ1v) is 5.58. The molecule has 0 saturated heterocycles. The molecular formula is C13H20O3. The number of ether oxygens (including phenoxy) is 3. The van der Waals surface area contributed by atoms with Crippen molar-refractivity contribution >= 4 is 0 Å². The van der Waals surface area contributed by atoms with Crippen molar-refractivity contribution in [1.29, 1.82) is 0 Å². The summed E-state index contributed by atoms with van der Waals surface area (Å²) in [5.41, 5.74) is 0.968. The summed E-state index contributed by atoms with van der Waals surface area (Å²) in [6.07, 6.45) is 0. The average Bonchev–Trinajstić information content (AvgIpc) is 2.30. The zero-order valence-corrected chi connectivity index (χ0v) is 10.4. The van der Waals surface area contributed by atoms with E-state index in [1.807, 2.05) is 45.0 Å². The quantitative estimate of drug-likeness (QED) is 0.695. The van der Waals surface area contributed by atoms with Crippen LogP contribution in [0.25, 0.3) is 0 Å². The molecule has 1 aromatic rings. The van der Waals surface area contributed by atoms with Gasteiger partial charge in [0, 0.05) is 18.8 Å². The van der Waals surface area contributed by atoms with E-state index in [1.165, 1.54) is 0 Å². The molecule has 0 heterocycles. The number of rotatable bonds is 6. The Morgan fingerprint density at radius 2 is 1.75 bits per heavy atom. The minimum absolute atomic E-state index is 0.605. The Morgan fingerprint density at radius 3 is 2.25 bits per heavy atom. The molecule has 0 aliphatic carbocycles. The molecule has 1 aromatic carbocycles. The van der Waals surface area contributed by atoms with E-state index in [0.717, 1.165) is 11.3 Å². The van der Waals surface area contributed by atoms with Crippen molar-refractivity contribution in [2.75, 3.05) is 20.3 Å². The van der Waals surface area contributed by atoms with Gasteiger partial charge in [-0.2, -0.15) is 0 Å². The van der Waals surface area contributed by atoms with E-state index in [1.54, 1.807) is 7.11 Å². The van der Waals surface area contributed by atoms with Crippen molar-refractivity contribution < 1.29 is 14.2 Å². The summed E-state index contributed by atoms with van der Waals surface area (Å²) in [4.78, 5) is 0. The first-order valence-electron chi connectivity index (χ1n) is 5.58. The molecule has 0 aliphatic heterocycles. The molecule has 0 unspecified atom stereocenters. The molecule has 0 aromatic heterocycles. The lowest BCUT2D eigenvalue weighted by atomic mass is 10.1. The zero-order chi connectivity index (χ0) is 12.0. The van der Waals surface area contributed by atoms with Gasteiger partial charge >= 0.3 is 0 Å². The van der Waals surface area contributed by atoms with Crippen molar-refractivity contribution in [2.45, 2.75) is 26.6 Å². The second-order valence-electron chi connectivity index (χ2n) is 3.54. The highest BCUT2D eigenvalue weighted by atomic mass is 16.7. The molecule has 0 N–H and O–H groups in total. The van der Waals surface area contributed by atoms with Crippen LogP contribution >= 0.6 is 0 Å². The summed E-state index contributed by atoms with van der Waals surface area (Å²) >= 11 is 0. The molecule has 0 amide bonds. The van der Waals surface area contributed by atoms with Crippen molar-refractivity contribution in [3.05, 3.63) is 29.8 Å². The fourth-order valence-electron chi connectivity index (χ4n) is 1.66. The van der Waals surface area contributed by atoms with E-state index >= 15 is 0 Å². The third-order valence-electron chi connectivity index (χ3n) is 2.43. The van der Waals surface area contributed by atoms with E-state index in [2.05, 4.69) is 0 Å². The second kappa shape index (κ2) is 5.87. The topological polar surface area (TPSA) is 27.7 Å². The third kappa shape index (κ3) is 2.97. The Bertz CT molecular complexity index is 317. The van der Waals surface area contributed by atoms with E-state index < -0.39 is 5.79 Å². The first kappa shape index (κ1) is 13.0. The fraction of sp³-hybridized carbons (Fsp3) is 0.538. The van der Waals surface area contributed by atoms with E-state index in [0.29, 0.717) is 13.2 Å². The van der Waals surface area contributed by atoms with Gasteiger partial charge in [0.25, 0.3) is 0 Å². The van der Waals surface area contributed by atoms with Gasteiger partial charge < -0.3 is 14.2 Å². The van der Waals surface area contributed by atoms with Crippen LogP contribution in [0.15, 0.2) is 24.3 Å². The highest BCUT2D eigenvalue weighted by Gasteiger charge is 2.27. The number of benzene rings is 1.